The van der Waals surface area contributed by atoms with E-state index in [1.807, 2.05) is 12.2 Å². The molecule has 1 aromatic rings. The number of nitrogens with zero attached hydrogens (tertiary/aromatic N) is 2. The Balaban J connectivity index is 0.00000353. The molecule has 1 spiro atoms. The van der Waals surface area contributed by atoms with E-state index in [0.717, 1.165) is 32.4 Å². The van der Waals surface area contributed by atoms with Crippen LogP contribution < -0.4 is 15.4 Å². The minimum Gasteiger partial charge on any atom is -0.497 e. The van der Waals surface area contributed by atoms with Gasteiger partial charge in [0.15, 0.2) is 0 Å². The van der Waals surface area contributed by atoms with Gasteiger partial charge >= 0.3 is 0 Å². The molecular formula is C31H43ClN4O6. The second-order valence-electron chi connectivity index (χ2n) is 12.3. The van der Waals surface area contributed by atoms with E-state index in [2.05, 4.69) is 29.4 Å². The highest BCUT2D eigenvalue weighted by atomic mass is 35.5. The van der Waals surface area contributed by atoms with Crippen molar-refractivity contribution in [1.82, 2.24) is 15.1 Å². The molecule has 0 aromatic heterocycles. The number of halogens is 1. The molecule has 1 saturated carbocycles. The van der Waals surface area contributed by atoms with Crippen LogP contribution >= 0.6 is 12.4 Å². The van der Waals surface area contributed by atoms with Crippen molar-refractivity contribution in [3.63, 3.8) is 0 Å². The number of morpholine rings is 1. The van der Waals surface area contributed by atoms with E-state index in [1.54, 1.807) is 36.3 Å². The summed E-state index contributed by atoms with van der Waals surface area (Å²) in [4.78, 5) is 46.0. The summed E-state index contributed by atoms with van der Waals surface area (Å²) in [5.41, 5.74) is -0.552. The van der Waals surface area contributed by atoms with Gasteiger partial charge in [-0.1, -0.05) is 38.8 Å². The van der Waals surface area contributed by atoms with Crippen LogP contribution in [-0.4, -0.2) is 97.8 Å². The topological polar surface area (TPSA) is 109 Å². The van der Waals surface area contributed by atoms with Gasteiger partial charge in [0.1, 0.15) is 17.4 Å². The maximum atomic E-state index is 14.2. The first-order chi connectivity index (χ1) is 19.8. The van der Waals surface area contributed by atoms with Crippen molar-refractivity contribution < 1.29 is 28.6 Å². The highest BCUT2D eigenvalue weighted by Crippen LogP contribution is 2.55. The smallest absolute Gasteiger partial charge is 0.246 e. The van der Waals surface area contributed by atoms with Crippen molar-refractivity contribution in [1.29, 1.82) is 0 Å². The number of rotatable bonds is 8. The average Bonchev–Trinajstić information content (AvgIpc) is 3.62. The number of carbonyl (C=O) groups excluding carboxylic acids is 3. The summed E-state index contributed by atoms with van der Waals surface area (Å²) >= 11 is 0. The number of hydrogen-bond donors (Lipinski definition) is 2. The van der Waals surface area contributed by atoms with Crippen LogP contribution in [0.3, 0.4) is 0 Å². The maximum Gasteiger partial charge on any atom is 0.246 e. The third kappa shape index (κ3) is 5.42. The molecule has 230 valence electrons. The molecule has 0 radical (unpaired) electrons. The number of amides is 3. The molecule has 11 heteroatoms. The Kier molecular flexibility index (Phi) is 9.18. The summed E-state index contributed by atoms with van der Waals surface area (Å²) in [5, 5.41) is 6.29. The molecule has 4 heterocycles. The summed E-state index contributed by atoms with van der Waals surface area (Å²) in [6.07, 6.45) is 6.33. The van der Waals surface area contributed by atoms with Crippen molar-refractivity contribution in [3.8, 4) is 5.75 Å². The standard InChI is InChI=1S/C31H42N4O6.ClH/c1-19-5-4-6-23(20(19)2)33-29(37)27-31-12-11-24(41-31)25(28(36)32-21-7-9-22(39-3)10-8-21)26(31)30(38)35(27)14-13-34-15-17-40-18-16-34;/h7-12,19-20,23-27H,4-6,13-18H2,1-3H3,(H,32,36)(H,33,37);1H/t19?,20?,23?,24-,25?,26-,27?,31?;/m0./s1. The lowest BCUT2D eigenvalue weighted by molar-refractivity contribution is -0.142. The van der Waals surface area contributed by atoms with E-state index in [-0.39, 0.29) is 36.2 Å². The molecule has 2 N–H and O–H groups in total. The maximum absolute atomic E-state index is 14.2. The second-order valence-corrected chi connectivity index (χ2v) is 12.3. The molecule has 1 aliphatic carbocycles. The number of methoxy groups -OCH3 is 1. The molecule has 2 bridgehead atoms. The van der Waals surface area contributed by atoms with Crippen LogP contribution in [0.25, 0.3) is 0 Å². The largest absolute Gasteiger partial charge is 0.497 e. The Morgan fingerprint density at radius 2 is 1.81 bits per heavy atom. The zero-order valence-corrected chi connectivity index (χ0v) is 25.4. The summed E-state index contributed by atoms with van der Waals surface area (Å²) < 4.78 is 17.2. The quantitative estimate of drug-likeness (QED) is 0.440. The first-order valence-corrected chi connectivity index (χ1v) is 15.1. The fourth-order valence-electron chi connectivity index (χ4n) is 7.53. The lowest BCUT2D eigenvalue weighted by atomic mass is 9.73. The monoisotopic (exact) mass is 602 g/mol. The highest BCUT2D eigenvalue weighted by molar-refractivity contribution is 6.02. The van der Waals surface area contributed by atoms with E-state index < -0.39 is 29.6 Å². The van der Waals surface area contributed by atoms with Gasteiger partial charge in [-0.05, 0) is 42.5 Å². The molecule has 8 atom stereocenters. The summed E-state index contributed by atoms with van der Waals surface area (Å²) in [5.74, 6) is -0.600. The predicted octanol–water partition coefficient (Wildman–Crippen LogP) is 2.48. The van der Waals surface area contributed by atoms with Gasteiger partial charge in [0.25, 0.3) is 0 Å². The van der Waals surface area contributed by atoms with Crippen molar-refractivity contribution in [3.05, 3.63) is 36.4 Å². The lowest BCUT2D eigenvalue weighted by Gasteiger charge is -2.38. The van der Waals surface area contributed by atoms with Gasteiger partial charge < -0.3 is 29.7 Å². The first kappa shape index (κ1) is 30.8. The third-order valence-electron chi connectivity index (χ3n) is 10.1. The Morgan fingerprint density at radius 3 is 2.52 bits per heavy atom. The minimum atomic E-state index is -1.16. The van der Waals surface area contributed by atoms with E-state index >= 15 is 0 Å². The second kappa shape index (κ2) is 12.5. The van der Waals surface area contributed by atoms with Gasteiger partial charge in [0.2, 0.25) is 17.7 Å². The Labute approximate surface area is 253 Å². The Hall–Kier alpha value is -2.66. The van der Waals surface area contributed by atoms with E-state index in [4.69, 9.17) is 14.2 Å². The molecule has 5 aliphatic rings. The van der Waals surface area contributed by atoms with Gasteiger partial charge in [-0.15, -0.1) is 12.4 Å². The average molecular weight is 603 g/mol. The summed E-state index contributed by atoms with van der Waals surface area (Å²) in [7, 11) is 1.59. The molecule has 3 amide bonds. The van der Waals surface area contributed by atoms with E-state index in [9.17, 15) is 14.4 Å². The molecule has 1 aromatic carbocycles. The van der Waals surface area contributed by atoms with E-state index in [0.29, 0.717) is 49.6 Å². The Bertz CT molecular complexity index is 1190. The summed E-state index contributed by atoms with van der Waals surface area (Å²) in [6.45, 7) is 8.35. The van der Waals surface area contributed by atoms with Gasteiger partial charge in [-0.25, -0.2) is 0 Å². The lowest BCUT2D eigenvalue weighted by Crippen LogP contribution is -2.58. The van der Waals surface area contributed by atoms with E-state index in [1.165, 1.54) is 0 Å². The molecule has 6 unspecified atom stereocenters. The zero-order chi connectivity index (χ0) is 28.7. The van der Waals surface area contributed by atoms with Crippen LogP contribution in [0, 0.1) is 23.7 Å². The zero-order valence-electron chi connectivity index (χ0n) is 24.6. The fraction of sp³-hybridized carbons (Fsp3) is 0.645. The first-order valence-electron chi connectivity index (χ1n) is 15.1. The molecule has 6 rings (SSSR count). The van der Waals surface area contributed by atoms with Crippen molar-refractivity contribution in [2.24, 2.45) is 23.7 Å². The van der Waals surface area contributed by atoms with Crippen LogP contribution in [0.2, 0.25) is 0 Å². The number of hydrogen-bond acceptors (Lipinski definition) is 7. The van der Waals surface area contributed by atoms with Crippen molar-refractivity contribution >= 4 is 35.8 Å². The number of anilines is 1. The van der Waals surface area contributed by atoms with Crippen LogP contribution in [0.5, 0.6) is 5.75 Å². The van der Waals surface area contributed by atoms with Gasteiger partial charge in [0.05, 0.1) is 38.3 Å². The number of benzene rings is 1. The van der Waals surface area contributed by atoms with Crippen molar-refractivity contribution in [2.45, 2.75) is 56.9 Å². The highest BCUT2D eigenvalue weighted by Gasteiger charge is 2.72. The summed E-state index contributed by atoms with van der Waals surface area (Å²) in [6, 6.07) is 6.31. The van der Waals surface area contributed by atoms with Gasteiger partial charge in [-0.3, -0.25) is 19.3 Å². The number of carbonyl (C=O) groups is 3. The van der Waals surface area contributed by atoms with Crippen LogP contribution in [0.1, 0.15) is 33.1 Å². The fourth-order valence-corrected chi connectivity index (χ4v) is 7.53. The van der Waals surface area contributed by atoms with Crippen molar-refractivity contribution in [2.75, 3.05) is 51.8 Å². The molecule has 4 fully saturated rings. The predicted molar refractivity (Wildman–Crippen MR) is 159 cm³/mol. The molecule has 10 nitrogen and oxygen atoms in total. The third-order valence-corrected chi connectivity index (χ3v) is 10.1. The van der Waals surface area contributed by atoms with Crippen LogP contribution in [0.4, 0.5) is 5.69 Å². The van der Waals surface area contributed by atoms with Gasteiger partial charge in [0, 0.05) is 37.9 Å². The normalized spacial score (nSPS) is 35.5. The number of likely N-dealkylation sites (tertiary alicyclic amines) is 1. The molecular weight excluding hydrogens is 560 g/mol. The number of ether oxygens (including phenoxy) is 3. The SMILES string of the molecule is COc1ccc(NC(=O)C2[C@@H]3C=CC4(O3)C(C(=O)NC3CCCC(C)C3C)N(CCN3CCOCC3)C(=O)[C@H]24)cc1.Cl. The number of nitrogens with one attached hydrogen (secondary N) is 2. The van der Waals surface area contributed by atoms with Crippen LogP contribution in [-0.2, 0) is 23.9 Å². The molecule has 4 aliphatic heterocycles. The number of fused-ring (bicyclic) bond motifs is 1. The van der Waals surface area contributed by atoms with Gasteiger partial charge in [-0.2, -0.15) is 0 Å². The van der Waals surface area contributed by atoms with Crippen LogP contribution in [0.15, 0.2) is 36.4 Å². The molecule has 42 heavy (non-hydrogen) atoms. The molecule has 3 saturated heterocycles. The Morgan fingerprint density at radius 1 is 1.07 bits per heavy atom. The minimum absolute atomic E-state index is 0.